The number of ketones is 6. The van der Waals surface area contributed by atoms with Crippen LogP contribution in [0.5, 0.6) is 0 Å². The van der Waals surface area contributed by atoms with Crippen LogP contribution in [0.3, 0.4) is 0 Å². The van der Waals surface area contributed by atoms with Crippen molar-refractivity contribution < 1.29 is 28.8 Å². The van der Waals surface area contributed by atoms with E-state index in [9.17, 15) is 28.8 Å². The molecular formula is C97H99N23O6. The summed E-state index contributed by atoms with van der Waals surface area (Å²) < 4.78 is 0. The zero-order valence-corrected chi connectivity index (χ0v) is 71.8. The molecule has 25 rings (SSSR count). The Balaban J connectivity index is 0.0000000956. The molecule has 0 saturated carbocycles. The lowest BCUT2D eigenvalue weighted by atomic mass is 9.94. The smallest absolute Gasteiger partial charge is 0.185 e. The summed E-state index contributed by atoms with van der Waals surface area (Å²) in [5, 5.41) is 0. The standard InChI is InChI=1S/C20H18N4O.C18H20N4O.C16H18N4O.C15H16N4O.C14H14N4O.C14H13N3O/c25-17-11-21-20-19-15(17)7-4-8-16(19)22-18-13-23(9-10-24(18)20)12-14-5-2-1-3-6-14;1-12(2)6-7-21-8-9-22-16(11-21)20-14-5-3-4-13-15(23)10-19-18(22)17(13)14;1-10(2)19-6-7-20-14(9-19)18-12-5-3-4-11-13(21)8-17-16(20)15(11)12;1-2-18-6-7-19-13(9-18)17-11-5-3-4-10-12(20)8-16-15(19)14(10)11;1-17-5-6-18-12(8-17)16-10-4-2-3-9-11(19)7-15-14(18)13(9)10;18-11-8-15-14-13-9(11)4-3-5-10(13)16-12-6-1-2-7-17(12)14/h1-8H,9-13H2;3-5H,1,6-11H2,2H3;3-5,10H,6-9H2,1-2H3;3-5H,2,6-9H2,1H3;2-4H,5-8H2,1H3;3-5H,1-2,6-8H2. The molecule has 18 aliphatic rings. The maximum atomic E-state index is 12.2. The molecule has 18 aliphatic heterocycles. The molecule has 0 aromatic heterocycles. The van der Waals surface area contributed by atoms with Gasteiger partial charge in [-0.25, -0.2) is 30.0 Å². The van der Waals surface area contributed by atoms with E-state index in [0.717, 1.165) is 308 Å². The SMILES string of the molecule is C=C(C)CCN1CCN2C(=Nc3cccc4c3C2=NCC4=O)C1.CC(C)N1CCN2C(=Nc3cccc4c3C2=NCC4=O)C1.CCN1CCN2C(=Nc3cccc4c3C2=NCC4=O)C1.CN1CCN2C(=Nc3cccc4c3C2=NCC4=O)C1.O=C1CN=C2c3c(cccc31)N=C1CCCCN12.O=C1CN=C2c3c(cccc31)N=C1CN(Cc3ccccc3)CCN12. The van der Waals surface area contributed by atoms with E-state index in [4.69, 9.17) is 30.0 Å². The van der Waals surface area contributed by atoms with Gasteiger partial charge in [-0.05, 0) is 95.6 Å². The fourth-order valence-corrected chi connectivity index (χ4v) is 19.3. The number of hydrogen-bond donors (Lipinski definition) is 0. The molecule has 0 bridgehead atoms. The van der Waals surface area contributed by atoms with Gasteiger partial charge in [0.2, 0.25) is 0 Å². The highest BCUT2D eigenvalue weighted by Gasteiger charge is 2.43. The molecule has 0 radical (unpaired) electrons. The number of aliphatic imine (C=N–C) groups is 12. The number of piperazine rings is 5. The number of benzene rings is 7. The monoisotopic (exact) mass is 1680 g/mol. The van der Waals surface area contributed by atoms with Crippen LogP contribution < -0.4 is 0 Å². The van der Waals surface area contributed by atoms with Crippen LogP contribution in [-0.2, 0) is 6.54 Å². The summed E-state index contributed by atoms with van der Waals surface area (Å²) in [4.78, 5) is 153. The second-order valence-electron chi connectivity index (χ2n) is 34.5. The number of nitrogens with zero attached hydrogens (tertiary/aromatic N) is 23. The summed E-state index contributed by atoms with van der Waals surface area (Å²) in [7, 11) is 2.10. The molecular weight excluding hydrogens is 1580 g/mol. The zero-order valence-electron chi connectivity index (χ0n) is 71.8. The van der Waals surface area contributed by atoms with Gasteiger partial charge >= 0.3 is 0 Å². The fourth-order valence-electron chi connectivity index (χ4n) is 19.3. The van der Waals surface area contributed by atoms with Gasteiger partial charge in [0, 0.05) is 131 Å². The molecule has 0 N–H and O–H groups in total. The number of Topliss-reactive ketones (excluding diaryl/α,β-unsaturated/α-hetero) is 6. The highest BCUT2D eigenvalue weighted by atomic mass is 16.1. The van der Waals surface area contributed by atoms with Crippen molar-refractivity contribution in [2.45, 2.75) is 66.0 Å². The maximum Gasteiger partial charge on any atom is 0.185 e. The average molecular weight is 1680 g/mol. The third kappa shape index (κ3) is 15.3. The van der Waals surface area contributed by atoms with Crippen LogP contribution in [-0.4, -0.2) is 329 Å². The number of rotatable bonds is 7. The molecule has 0 amide bonds. The summed E-state index contributed by atoms with van der Waals surface area (Å²) in [6.45, 7) is 31.6. The first-order chi connectivity index (χ1) is 61.4. The number of amidine groups is 12. The fraction of sp³-hybridized carbons (Fsp3) is 0.361. The van der Waals surface area contributed by atoms with Crippen LogP contribution in [0.25, 0.3) is 0 Å². The summed E-state index contributed by atoms with van der Waals surface area (Å²) in [6.07, 6.45) is 4.39. The van der Waals surface area contributed by atoms with Gasteiger partial charge in [0.1, 0.15) is 109 Å². The van der Waals surface area contributed by atoms with Crippen molar-refractivity contribution in [3.8, 4) is 0 Å². The third-order valence-corrected chi connectivity index (χ3v) is 25.9. The number of fused-ring (bicyclic) bond motifs is 12. The lowest BCUT2D eigenvalue weighted by Crippen LogP contribution is -2.56. The number of carbonyl (C=O) groups excluding carboxylic acids is 6. The van der Waals surface area contributed by atoms with Crippen molar-refractivity contribution in [1.29, 1.82) is 0 Å². The predicted octanol–water partition coefficient (Wildman–Crippen LogP) is 10.8. The molecule has 0 atom stereocenters. The van der Waals surface area contributed by atoms with E-state index < -0.39 is 0 Å². The van der Waals surface area contributed by atoms with E-state index in [-0.39, 0.29) is 74.0 Å². The van der Waals surface area contributed by atoms with E-state index >= 15 is 0 Å². The Kier molecular flexibility index (Phi) is 22.0. The van der Waals surface area contributed by atoms with Gasteiger partial charge in [0.15, 0.2) is 34.7 Å². The molecule has 7 aromatic rings. The molecule has 18 heterocycles. The van der Waals surface area contributed by atoms with E-state index in [2.05, 4.69) is 149 Å². The predicted molar refractivity (Wildman–Crippen MR) is 494 cm³/mol. The van der Waals surface area contributed by atoms with Crippen LogP contribution in [0.2, 0.25) is 0 Å². The quantitative estimate of drug-likeness (QED) is 0.134. The minimum atomic E-state index is 0.0852. The molecule has 0 unspecified atom stereocenters. The second-order valence-corrected chi connectivity index (χ2v) is 34.5. The van der Waals surface area contributed by atoms with E-state index in [0.29, 0.717) is 6.04 Å². The third-order valence-electron chi connectivity index (χ3n) is 25.9. The van der Waals surface area contributed by atoms with Gasteiger partial charge in [-0.3, -0.25) is 83.2 Å². The van der Waals surface area contributed by atoms with Crippen molar-refractivity contribution in [1.82, 2.24) is 53.9 Å². The van der Waals surface area contributed by atoms with Crippen molar-refractivity contribution >= 4 is 139 Å². The number of piperidine rings is 1. The average Bonchev–Trinajstić information content (AvgIpc) is 0.775. The Morgan fingerprint density at radius 1 is 0.341 bits per heavy atom. The molecule has 638 valence electrons. The highest BCUT2D eigenvalue weighted by Crippen LogP contribution is 2.41. The number of likely N-dealkylation sites (N-methyl/N-ethyl adjacent to an activating group) is 2. The van der Waals surface area contributed by atoms with Gasteiger partial charge in [-0.15, -0.1) is 6.58 Å². The Labute approximate surface area is 731 Å². The molecule has 29 heteroatoms. The first-order valence-electron chi connectivity index (χ1n) is 44.1. The summed E-state index contributed by atoms with van der Waals surface area (Å²) >= 11 is 0. The van der Waals surface area contributed by atoms with Gasteiger partial charge < -0.3 is 29.4 Å². The molecule has 126 heavy (non-hydrogen) atoms. The molecule has 0 aliphatic carbocycles. The number of hydrogen-bond acceptors (Lipinski definition) is 29. The molecule has 6 fully saturated rings. The molecule has 29 nitrogen and oxygen atoms in total. The second kappa shape index (κ2) is 34.1. The Hall–Kier alpha value is -13.1. The number of carbonyl (C=O) groups is 6. The summed E-state index contributed by atoms with van der Waals surface area (Å²) in [6, 6.07) is 45.7. The van der Waals surface area contributed by atoms with Crippen LogP contribution in [0, 0.1) is 0 Å². The Morgan fingerprint density at radius 2 is 0.659 bits per heavy atom. The topological polar surface area (TPSA) is 286 Å². The molecule has 7 aromatic carbocycles. The Bertz CT molecular complexity index is 6200. The normalized spacial score (nSPS) is 20.4. The van der Waals surface area contributed by atoms with E-state index in [1.807, 2.05) is 115 Å². The van der Waals surface area contributed by atoms with E-state index in [1.54, 1.807) is 0 Å². The summed E-state index contributed by atoms with van der Waals surface area (Å²) in [5.74, 6) is 12.5. The van der Waals surface area contributed by atoms with E-state index in [1.165, 1.54) is 24.0 Å². The van der Waals surface area contributed by atoms with Crippen molar-refractivity contribution in [3.05, 3.63) is 224 Å². The van der Waals surface area contributed by atoms with Gasteiger partial charge in [-0.1, -0.05) is 116 Å². The van der Waals surface area contributed by atoms with Crippen molar-refractivity contribution in [2.24, 2.45) is 59.9 Å². The first kappa shape index (κ1) is 81.3. The minimum absolute atomic E-state index is 0.0852. The van der Waals surface area contributed by atoms with Gasteiger partial charge in [0.25, 0.3) is 0 Å². The van der Waals surface area contributed by atoms with Crippen molar-refractivity contribution in [3.63, 3.8) is 0 Å². The Morgan fingerprint density at radius 3 is 1.03 bits per heavy atom. The van der Waals surface area contributed by atoms with Crippen LogP contribution in [0.15, 0.2) is 212 Å². The lowest BCUT2D eigenvalue weighted by Gasteiger charge is -2.42. The minimum Gasteiger partial charge on any atom is -0.314 e. The summed E-state index contributed by atoms with van der Waals surface area (Å²) in [5.41, 5.74) is 18.0. The molecule has 6 saturated heterocycles. The zero-order chi connectivity index (χ0) is 86.1. The maximum absolute atomic E-state index is 12.2. The lowest BCUT2D eigenvalue weighted by molar-refractivity contribution is 0.0991. The van der Waals surface area contributed by atoms with Crippen LogP contribution in [0.1, 0.15) is 154 Å². The highest BCUT2D eigenvalue weighted by molar-refractivity contribution is 6.29. The van der Waals surface area contributed by atoms with Crippen LogP contribution in [0.4, 0.5) is 34.1 Å². The van der Waals surface area contributed by atoms with Gasteiger partial charge in [-0.2, -0.15) is 0 Å². The molecule has 0 spiro atoms. The first-order valence-corrected chi connectivity index (χ1v) is 44.1. The van der Waals surface area contributed by atoms with Crippen LogP contribution >= 0.6 is 0 Å². The largest absolute Gasteiger partial charge is 0.314 e. The van der Waals surface area contributed by atoms with Crippen molar-refractivity contribution in [2.75, 3.05) is 164 Å². The van der Waals surface area contributed by atoms with Gasteiger partial charge in [0.05, 0.1) is 100 Å².